The molecule has 6 nitrogen and oxygen atoms in total. The van der Waals surface area contributed by atoms with Crippen LogP contribution in [0.2, 0.25) is 5.02 Å². The number of thioether (sulfide) groups is 1. The highest BCUT2D eigenvalue weighted by Gasteiger charge is 2.33. The summed E-state index contributed by atoms with van der Waals surface area (Å²) >= 11 is 13.2. The predicted molar refractivity (Wildman–Crippen MR) is 155 cm³/mol. The first kappa shape index (κ1) is 26.7. The van der Waals surface area contributed by atoms with Crippen LogP contribution in [0.25, 0.3) is 6.08 Å². The third-order valence-electron chi connectivity index (χ3n) is 5.61. The summed E-state index contributed by atoms with van der Waals surface area (Å²) in [6.45, 7) is 5.63. The van der Waals surface area contributed by atoms with Crippen LogP contribution >= 0.6 is 35.6 Å². The Morgan fingerprint density at radius 1 is 1.11 bits per heavy atom. The lowest BCUT2D eigenvalue weighted by molar-refractivity contribution is -0.118. The number of aryl methyl sites for hydroxylation is 3. The molecule has 0 spiro atoms. The molecule has 0 unspecified atom stereocenters. The van der Waals surface area contributed by atoms with E-state index < -0.39 is 0 Å². The van der Waals surface area contributed by atoms with Crippen molar-refractivity contribution in [2.75, 3.05) is 23.9 Å². The van der Waals surface area contributed by atoms with E-state index in [1.165, 1.54) is 23.8 Å². The van der Waals surface area contributed by atoms with E-state index in [0.717, 1.165) is 28.1 Å². The molecule has 1 saturated heterocycles. The number of halogens is 1. The Hall–Kier alpha value is -3.33. The molecule has 1 aliphatic heterocycles. The van der Waals surface area contributed by atoms with Crippen LogP contribution in [0.15, 0.2) is 59.5 Å². The molecule has 1 fully saturated rings. The number of hydrogen-bond acceptors (Lipinski definition) is 6. The number of carbonyl (C=O) groups excluding carboxylic acids is 2. The van der Waals surface area contributed by atoms with Crippen LogP contribution in [0.1, 0.15) is 22.3 Å². The maximum atomic E-state index is 13.1. The maximum Gasteiger partial charge on any atom is 0.270 e. The van der Waals surface area contributed by atoms with Gasteiger partial charge in [0, 0.05) is 5.69 Å². The van der Waals surface area contributed by atoms with E-state index in [1.54, 1.807) is 18.2 Å². The standard InChI is InChI=1S/C28H25ClN2O4S2/c1-16-6-5-7-20(11-16)31-27(33)24(37-28(31)36)14-19-12-21(29)26(23(13-19)34-4)35-15-25(32)30-22-9-8-17(2)10-18(22)3/h5-14H,15H2,1-4H3,(H,30,32)/b24-14-. The number of amides is 2. The molecule has 0 aromatic heterocycles. The number of ether oxygens (including phenoxy) is 2. The zero-order valence-corrected chi connectivity index (χ0v) is 23.1. The average molecular weight is 553 g/mol. The summed E-state index contributed by atoms with van der Waals surface area (Å²) < 4.78 is 11.6. The Labute approximate surface area is 230 Å². The highest BCUT2D eigenvalue weighted by atomic mass is 35.5. The van der Waals surface area contributed by atoms with Crippen molar-refractivity contribution in [1.29, 1.82) is 0 Å². The molecule has 1 aliphatic rings. The molecule has 9 heteroatoms. The molecule has 0 saturated carbocycles. The number of rotatable bonds is 7. The van der Waals surface area contributed by atoms with Gasteiger partial charge in [-0.15, -0.1) is 0 Å². The van der Waals surface area contributed by atoms with Gasteiger partial charge in [0.15, 0.2) is 22.4 Å². The minimum Gasteiger partial charge on any atom is -0.493 e. The van der Waals surface area contributed by atoms with Crippen molar-refractivity contribution in [1.82, 2.24) is 0 Å². The van der Waals surface area contributed by atoms with E-state index in [1.807, 2.05) is 63.2 Å². The molecule has 2 amide bonds. The number of methoxy groups -OCH3 is 1. The van der Waals surface area contributed by atoms with Crippen LogP contribution in [-0.4, -0.2) is 29.9 Å². The predicted octanol–water partition coefficient (Wildman–Crippen LogP) is 6.70. The lowest BCUT2D eigenvalue weighted by atomic mass is 10.1. The Balaban J connectivity index is 1.50. The van der Waals surface area contributed by atoms with E-state index in [9.17, 15) is 9.59 Å². The van der Waals surface area contributed by atoms with E-state index >= 15 is 0 Å². The second kappa shape index (κ2) is 11.4. The Bertz CT molecular complexity index is 1440. The maximum absolute atomic E-state index is 13.1. The van der Waals surface area contributed by atoms with Crippen molar-refractivity contribution < 1.29 is 19.1 Å². The molecular weight excluding hydrogens is 528 g/mol. The van der Waals surface area contributed by atoms with Crippen LogP contribution in [0.3, 0.4) is 0 Å². The summed E-state index contributed by atoms with van der Waals surface area (Å²) in [5.74, 6) is 0.0460. The lowest BCUT2D eigenvalue weighted by Crippen LogP contribution is -2.27. The summed E-state index contributed by atoms with van der Waals surface area (Å²) in [6, 6.07) is 16.7. The summed E-state index contributed by atoms with van der Waals surface area (Å²) in [5.41, 5.74) is 5.19. The largest absolute Gasteiger partial charge is 0.493 e. The van der Waals surface area contributed by atoms with Crippen molar-refractivity contribution in [3.63, 3.8) is 0 Å². The molecule has 190 valence electrons. The quantitative estimate of drug-likeness (QED) is 0.260. The molecule has 0 aliphatic carbocycles. The van der Waals surface area contributed by atoms with E-state index in [0.29, 0.717) is 20.5 Å². The van der Waals surface area contributed by atoms with Gasteiger partial charge in [-0.25, -0.2) is 0 Å². The third-order valence-corrected chi connectivity index (χ3v) is 7.19. The molecule has 4 rings (SSSR count). The number of benzene rings is 3. The third kappa shape index (κ3) is 6.15. The van der Waals surface area contributed by atoms with Gasteiger partial charge in [-0.3, -0.25) is 14.5 Å². The molecule has 0 radical (unpaired) electrons. The van der Waals surface area contributed by atoms with Crippen LogP contribution in [0.4, 0.5) is 11.4 Å². The molecule has 3 aromatic carbocycles. The monoisotopic (exact) mass is 552 g/mol. The Morgan fingerprint density at radius 3 is 2.57 bits per heavy atom. The van der Waals surface area contributed by atoms with Crippen LogP contribution in [-0.2, 0) is 9.59 Å². The van der Waals surface area contributed by atoms with Gasteiger partial charge in [0.25, 0.3) is 11.8 Å². The topological polar surface area (TPSA) is 67.9 Å². The van der Waals surface area contributed by atoms with Gasteiger partial charge < -0.3 is 14.8 Å². The number of hydrogen-bond donors (Lipinski definition) is 1. The van der Waals surface area contributed by atoms with Crippen molar-refractivity contribution in [3.05, 3.63) is 86.8 Å². The van der Waals surface area contributed by atoms with Crippen molar-refractivity contribution in [3.8, 4) is 11.5 Å². The molecule has 1 N–H and O–H groups in total. The number of carbonyl (C=O) groups is 2. The fraction of sp³-hybridized carbons (Fsp3) is 0.179. The molecular formula is C28H25ClN2O4S2. The first-order chi connectivity index (χ1) is 17.7. The SMILES string of the molecule is COc1cc(/C=C2\SC(=S)N(c3cccc(C)c3)C2=O)cc(Cl)c1OCC(=O)Nc1ccc(C)cc1C. The Kier molecular flexibility index (Phi) is 8.22. The molecule has 0 bridgehead atoms. The Morgan fingerprint density at radius 2 is 1.86 bits per heavy atom. The van der Waals surface area contributed by atoms with Gasteiger partial charge >= 0.3 is 0 Å². The second-order valence-corrected chi connectivity index (χ2v) is 10.6. The fourth-order valence-corrected chi connectivity index (χ4v) is 5.42. The number of thiocarbonyl (C=S) groups is 1. The van der Waals surface area contributed by atoms with E-state index in [-0.39, 0.29) is 29.2 Å². The van der Waals surface area contributed by atoms with E-state index in [2.05, 4.69) is 5.32 Å². The molecule has 3 aromatic rings. The van der Waals surface area contributed by atoms with Gasteiger partial charge in [-0.05, 0) is 73.9 Å². The number of anilines is 2. The summed E-state index contributed by atoms with van der Waals surface area (Å²) in [6.07, 6.45) is 1.71. The van der Waals surface area contributed by atoms with E-state index in [4.69, 9.17) is 33.3 Å². The highest BCUT2D eigenvalue weighted by molar-refractivity contribution is 8.27. The normalized spacial score (nSPS) is 14.3. The van der Waals surface area contributed by atoms with Crippen molar-refractivity contribution in [2.45, 2.75) is 20.8 Å². The van der Waals surface area contributed by atoms with Crippen LogP contribution in [0, 0.1) is 20.8 Å². The van der Waals surface area contributed by atoms with Gasteiger partial charge in [0.1, 0.15) is 0 Å². The van der Waals surface area contributed by atoms with Crippen LogP contribution < -0.4 is 19.7 Å². The van der Waals surface area contributed by atoms with Crippen LogP contribution in [0.5, 0.6) is 11.5 Å². The molecule has 1 heterocycles. The zero-order valence-electron chi connectivity index (χ0n) is 20.8. The molecule has 37 heavy (non-hydrogen) atoms. The van der Waals surface area contributed by atoms with Gasteiger partial charge in [0.2, 0.25) is 0 Å². The van der Waals surface area contributed by atoms with Gasteiger partial charge in [-0.1, -0.05) is 65.4 Å². The fourth-order valence-electron chi connectivity index (χ4n) is 3.85. The lowest BCUT2D eigenvalue weighted by Gasteiger charge is -2.15. The first-order valence-corrected chi connectivity index (χ1v) is 13.0. The molecule has 0 atom stereocenters. The first-order valence-electron chi connectivity index (χ1n) is 11.4. The summed E-state index contributed by atoms with van der Waals surface area (Å²) in [7, 11) is 1.48. The zero-order chi connectivity index (χ0) is 26.7. The van der Waals surface area contributed by atoms with Crippen molar-refractivity contribution >= 4 is 69.2 Å². The second-order valence-electron chi connectivity index (χ2n) is 8.55. The summed E-state index contributed by atoms with van der Waals surface area (Å²) in [5, 5.41) is 3.09. The number of nitrogens with zero attached hydrogens (tertiary/aromatic N) is 1. The van der Waals surface area contributed by atoms with Gasteiger partial charge in [-0.2, -0.15) is 0 Å². The number of nitrogens with one attached hydrogen (secondary N) is 1. The minimum absolute atomic E-state index is 0.209. The minimum atomic E-state index is -0.325. The highest BCUT2D eigenvalue weighted by Crippen LogP contribution is 2.40. The van der Waals surface area contributed by atoms with Gasteiger partial charge in [0.05, 0.1) is 22.7 Å². The average Bonchev–Trinajstić information content (AvgIpc) is 3.12. The smallest absolute Gasteiger partial charge is 0.270 e. The van der Waals surface area contributed by atoms with Crippen molar-refractivity contribution in [2.24, 2.45) is 0 Å². The summed E-state index contributed by atoms with van der Waals surface area (Å²) in [4.78, 5) is 27.6.